The molecule has 202 valence electrons. The van der Waals surface area contributed by atoms with Gasteiger partial charge in [-0.15, -0.1) is 0 Å². The normalized spacial score (nSPS) is 11.4. The molecule has 1 unspecified atom stereocenters. The van der Waals surface area contributed by atoms with Crippen LogP contribution >= 0.6 is 0 Å². The second-order valence-electron chi connectivity index (χ2n) is 9.14. The Hall–Kier alpha value is -3.73. The highest BCUT2D eigenvalue weighted by Gasteiger charge is 2.15. The largest absolute Gasteiger partial charge is 0.502 e. The number of benzene rings is 3. The lowest BCUT2D eigenvalue weighted by Crippen LogP contribution is -2.19. The summed E-state index contributed by atoms with van der Waals surface area (Å²) in [5.74, 6) is 1.63. The summed E-state index contributed by atoms with van der Waals surface area (Å²) in [5, 5.41) is 0. The second-order valence-corrected chi connectivity index (χ2v) is 9.14. The van der Waals surface area contributed by atoms with E-state index >= 15 is 0 Å². The van der Waals surface area contributed by atoms with Gasteiger partial charge in [0.15, 0.2) is 0 Å². The molecule has 0 fully saturated rings. The summed E-state index contributed by atoms with van der Waals surface area (Å²) in [4.78, 5) is 13.0. The van der Waals surface area contributed by atoms with Crippen LogP contribution in [0, 0.1) is 0 Å². The lowest BCUT2D eigenvalue weighted by molar-refractivity contribution is 0.0735. The van der Waals surface area contributed by atoms with Crippen LogP contribution in [0.4, 0.5) is 0 Å². The van der Waals surface area contributed by atoms with Crippen LogP contribution in [0.15, 0.2) is 85.6 Å². The first kappa shape index (κ1) is 28.8. The summed E-state index contributed by atoms with van der Waals surface area (Å²) in [7, 11) is 0. The van der Waals surface area contributed by atoms with Crippen molar-refractivity contribution in [3.05, 3.63) is 91.2 Å². The Morgan fingerprint density at radius 2 is 1.55 bits per heavy atom. The number of hydrogen-bond donors (Lipinski definition) is 0. The molecule has 0 aliphatic heterocycles. The van der Waals surface area contributed by atoms with Gasteiger partial charge in [0, 0.05) is 12.0 Å². The number of carbonyl (C=O) groups is 1. The van der Waals surface area contributed by atoms with E-state index in [1.54, 1.807) is 18.2 Å². The van der Waals surface area contributed by atoms with E-state index in [-0.39, 0.29) is 6.10 Å². The van der Waals surface area contributed by atoms with Crippen molar-refractivity contribution < 1.29 is 23.7 Å². The van der Waals surface area contributed by atoms with E-state index in [1.165, 1.54) is 31.9 Å². The van der Waals surface area contributed by atoms with Crippen LogP contribution in [-0.2, 0) is 4.74 Å². The Morgan fingerprint density at radius 1 is 0.842 bits per heavy atom. The van der Waals surface area contributed by atoms with Gasteiger partial charge in [0.2, 0.25) is 0 Å². The highest BCUT2D eigenvalue weighted by atomic mass is 16.5. The molecule has 0 amide bonds. The minimum absolute atomic E-state index is 0.0513. The molecule has 38 heavy (non-hydrogen) atoms. The topological polar surface area (TPSA) is 54.0 Å². The third-order valence-electron chi connectivity index (χ3n) is 6.26. The fourth-order valence-electron chi connectivity index (χ4n) is 4.23. The van der Waals surface area contributed by atoms with Gasteiger partial charge in [-0.3, -0.25) is 0 Å². The van der Waals surface area contributed by atoms with Crippen LogP contribution in [0.1, 0.15) is 69.2 Å². The lowest BCUT2D eigenvalue weighted by Gasteiger charge is -2.19. The van der Waals surface area contributed by atoms with E-state index in [0.29, 0.717) is 24.5 Å². The third kappa shape index (κ3) is 9.29. The highest BCUT2D eigenvalue weighted by Crippen LogP contribution is 2.31. The van der Waals surface area contributed by atoms with Gasteiger partial charge < -0.3 is 18.9 Å². The molecule has 3 rings (SSSR count). The molecule has 0 radical (unpaired) electrons. The number of ether oxygens (including phenoxy) is 4. The Kier molecular flexibility index (Phi) is 12.3. The van der Waals surface area contributed by atoms with Gasteiger partial charge in [0.1, 0.15) is 23.4 Å². The maximum absolute atomic E-state index is 13.0. The molecule has 0 heterocycles. The summed E-state index contributed by atoms with van der Waals surface area (Å²) >= 11 is 0. The molecule has 0 spiro atoms. The summed E-state index contributed by atoms with van der Waals surface area (Å²) in [5.41, 5.74) is 2.25. The molecular formula is C33H40O5. The zero-order valence-electron chi connectivity index (χ0n) is 22.7. The Morgan fingerprint density at radius 3 is 2.26 bits per heavy atom. The molecule has 1 atom stereocenters. The molecule has 3 aromatic rings. The summed E-state index contributed by atoms with van der Waals surface area (Å²) in [6, 6.07) is 22.4. The van der Waals surface area contributed by atoms with Gasteiger partial charge in [0.05, 0.1) is 25.0 Å². The quantitative estimate of drug-likeness (QED) is 0.0778. The SMILES string of the molecule is C=COCCC(CCCCCCC)Oc1ccc(C(=O)Oc2ccccc2-c2ccc(OCC)cc2)cc1. The van der Waals surface area contributed by atoms with Gasteiger partial charge >= 0.3 is 5.97 Å². The fraction of sp³-hybridized carbons (Fsp3) is 0.364. The number of esters is 1. The minimum Gasteiger partial charge on any atom is -0.502 e. The van der Waals surface area contributed by atoms with Gasteiger partial charge in [-0.2, -0.15) is 0 Å². The van der Waals surface area contributed by atoms with Crippen LogP contribution in [0.25, 0.3) is 11.1 Å². The van der Waals surface area contributed by atoms with Crippen LogP contribution in [-0.4, -0.2) is 25.3 Å². The van der Waals surface area contributed by atoms with E-state index in [2.05, 4.69) is 13.5 Å². The lowest BCUT2D eigenvalue weighted by atomic mass is 10.0. The molecule has 0 saturated carbocycles. The van der Waals surface area contributed by atoms with Gasteiger partial charge in [-0.25, -0.2) is 4.79 Å². The molecule has 0 bridgehead atoms. The second kappa shape index (κ2) is 16.2. The molecule has 0 aliphatic carbocycles. The number of carbonyl (C=O) groups excluding carboxylic acids is 1. The highest BCUT2D eigenvalue weighted by molar-refractivity contribution is 5.92. The molecule has 0 aliphatic rings. The van der Waals surface area contributed by atoms with Crippen LogP contribution in [0.3, 0.4) is 0 Å². The van der Waals surface area contributed by atoms with E-state index in [4.69, 9.17) is 18.9 Å². The van der Waals surface area contributed by atoms with Crippen molar-refractivity contribution in [2.24, 2.45) is 0 Å². The van der Waals surface area contributed by atoms with E-state index < -0.39 is 5.97 Å². The Bertz CT molecular complexity index is 1100. The fourth-order valence-corrected chi connectivity index (χ4v) is 4.23. The van der Waals surface area contributed by atoms with Crippen LogP contribution in [0.5, 0.6) is 17.2 Å². The summed E-state index contributed by atoms with van der Waals surface area (Å²) in [6.07, 6.45) is 9.36. The monoisotopic (exact) mass is 516 g/mol. The van der Waals surface area contributed by atoms with Crippen molar-refractivity contribution >= 4 is 5.97 Å². The van der Waals surface area contributed by atoms with Crippen LogP contribution in [0.2, 0.25) is 0 Å². The van der Waals surface area contributed by atoms with Crippen LogP contribution < -0.4 is 14.2 Å². The predicted octanol–water partition coefficient (Wildman–Crippen LogP) is 8.63. The van der Waals surface area contributed by atoms with Gasteiger partial charge in [-0.05, 0) is 67.8 Å². The average molecular weight is 517 g/mol. The van der Waals surface area contributed by atoms with Gasteiger partial charge in [-0.1, -0.05) is 69.5 Å². The maximum atomic E-state index is 13.0. The van der Waals surface area contributed by atoms with Crippen molar-refractivity contribution in [2.45, 2.75) is 64.9 Å². The first-order chi connectivity index (χ1) is 18.6. The maximum Gasteiger partial charge on any atom is 0.343 e. The summed E-state index contributed by atoms with van der Waals surface area (Å²) < 4.78 is 22.9. The number of para-hydroxylation sites is 1. The van der Waals surface area contributed by atoms with E-state index in [9.17, 15) is 4.79 Å². The smallest absolute Gasteiger partial charge is 0.343 e. The Balaban J connectivity index is 1.62. The van der Waals surface area contributed by atoms with Crippen molar-refractivity contribution in [2.75, 3.05) is 13.2 Å². The molecule has 0 saturated heterocycles. The molecule has 0 aromatic heterocycles. The van der Waals surface area contributed by atoms with E-state index in [1.807, 2.05) is 61.5 Å². The zero-order chi connectivity index (χ0) is 27.0. The number of hydrogen-bond acceptors (Lipinski definition) is 5. The van der Waals surface area contributed by atoms with Crippen molar-refractivity contribution in [1.82, 2.24) is 0 Å². The molecule has 3 aromatic carbocycles. The predicted molar refractivity (Wildman–Crippen MR) is 153 cm³/mol. The number of rotatable bonds is 17. The molecule has 5 nitrogen and oxygen atoms in total. The standard InChI is InChI=1S/C33H40O5/c1-4-7-8-9-10-13-29(24-25-35-5-2)37-30-22-18-27(19-23-30)33(34)38-32-15-12-11-14-31(32)26-16-20-28(21-17-26)36-6-3/h5,11-12,14-23,29H,2,4,6-10,13,24-25H2,1,3H3. The first-order valence-electron chi connectivity index (χ1n) is 13.7. The zero-order valence-corrected chi connectivity index (χ0v) is 22.7. The van der Waals surface area contributed by atoms with Crippen molar-refractivity contribution in [1.29, 1.82) is 0 Å². The Labute approximate surface area is 227 Å². The van der Waals surface area contributed by atoms with Gasteiger partial charge in [0.25, 0.3) is 0 Å². The first-order valence-corrected chi connectivity index (χ1v) is 13.7. The van der Waals surface area contributed by atoms with Crippen molar-refractivity contribution in [3.8, 4) is 28.4 Å². The number of unbranched alkanes of at least 4 members (excludes halogenated alkanes) is 4. The third-order valence-corrected chi connectivity index (χ3v) is 6.26. The average Bonchev–Trinajstić information content (AvgIpc) is 2.94. The van der Waals surface area contributed by atoms with Crippen molar-refractivity contribution in [3.63, 3.8) is 0 Å². The summed E-state index contributed by atoms with van der Waals surface area (Å²) in [6.45, 7) is 8.97. The molecule has 5 heteroatoms. The molecular weight excluding hydrogens is 476 g/mol. The molecule has 0 N–H and O–H groups in total. The minimum atomic E-state index is -0.415. The van der Waals surface area contributed by atoms with E-state index in [0.717, 1.165) is 41.9 Å².